The molecule has 0 spiro atoms. The number of halogens is 1. The molecule has 0 saturated carbocycles. The summed E-state index contributed by atoms with van der Waals surface area (Å²) < 4.78 is 12.9. The lowest BCUT2D eigenvalue weighted by molar-refractivity contribution is 0.327. The minimum absolute atomic E-state index is 0.163. The average molecular weight is 236 g/mol. The second kappa shape index (κ2) is 5.50. The largest absolute Gasteiger partial charge is 0.371 e. The van der Waals surface area contributed by atoms with Crippen LogP contribution < -0.4 is 10.2 Å². The predicted octanol–water partition coefficient (Wildman–Crippen LogP) is 2.65. The number of rotatable bonds is 3. The lowest BCUT2D eigenvalue weighted by atomic mass is 9.93. The zero-order chi connectivity index (χ0) is 12.3. The molecule has 94 valence electrons. The van der Waals surface area contributed by atoms with Crippen molar-refractivity contribution in [3.63, 3.8) is 0 Å². The van der Waals surface area contributed by atoms with Gasteiger partial charge in [-0.2, -0.15) is 0 Å². The molecule has 2 rings (SSSR count). The minimum atomic E-state index is -0.163. The summed E-state index contributed by atoms with van der Waals surface area (Å²) >= 11 is 0. The summed E-state index contributed by atoms with van der Waals surface area (Å²) in [5, 5.41) is 3.53. The predicted molar refractivity (Wildman–Crippen MR) is 69.9 cm³/mol. The van der Waals surface area contributed by atoms with Crippen molar-refractivity contribution in [3.8, 4) is 0 Å². The lowest BCUT2D eigenvalue weighted by Crippen LogP contribution is -2.48. The van der Waals surface area contributed by atoms with E-state index in [9.17, 15) is 4.39 Å². The molecule has 0 aliphatic carbocycles. The first-order chi connectivity index (χ1) is 8.20. The van der Waals surface area contributed by atoms with E-state index in [-0.39, 0.29) is 5.82 Å². The molecule has 2 nitrogen and oxygen atoms in total. The number of hydrogen-bond acceptors (Lipinski definition) is 2. The van der Waals surface area contributed by atoms with Crippen molar-refractivity contribution in [3.05, 3.63) is 30.1 Å². The Kier molecular flexibility index (Phi) is 4.00. The Balaban J connectivity index is 1.99. The van der Waals surface area contributed by atoms with Gasteiger partial charge >= 0.3 is 0 Å². The highest BCUT2D eigenvalue weighted by atomic mass is 19.1. The molecule has 1 N–H and O–H groups in total. The molecule has 2 unspecified atom stereocenters. The van der Waals surface area contributed by atoms with Gasteiger partial charge < -0.3 is 10.2 Å². The van der Waals surface area contributed by atoms with Gasteiger partial charge in [0.15, 0.2) is 0 Å². The topological polar surface area (TPSA) is 15.3 Å². The number of piperidine rings is 1. The van der Waals surface area contributed by atoms with Crippen molar-refractivity contribution in [2.45, 2.75) is 26.3 Å². The summed E-state index contributed by atoms with van der Waals surface area (Å²) in [4.78, 5) is 2.35. The molecule has 17 heavy (non-hydrogen) atoms. The van der Waals surface area contributed by atoms with Gasteiger partial charge in [-0.05, 0) is 43.1 Å². The average Bonchev–Trinajstić information content (AvgIpc) is 2.33. The summed E-state index contributed by atoms with van der Waals surface area (Å²) in [5.41, 5.74) is 1.13. The SMILES string of the molecule is CCNC1CCN(c2ccc(F)cc2)CC1C. The van der Waals surface area contributed by atoms with E-state index in [0.717, 1.165) is 31.7 Å². The van der Waals surface area contributed by atoms with Gasteiger partial charge in [0.25, 0.3) is 0 Å². The van der Waals surface area contributed by atoms with Crippen molar-refractivity contribution < 1.29 is 4.39 Å². The zero-order valence-corrected chi connectivity index (χ0v) is 10.6. The van der Waals surface area contributed by atoms with Crippen LogP contribution in [0.5, 0.6) is 0 Å². The molecule has 1 aliphatic heterocycles. The van der Waals surface area contributed by atoms with Crippen LogP contribution in [0.3, 0.4) is 0 Å². The highest BCUT2D eigenvalue weighted by Crippen LogP contribution is 2.23. The molecule has 1 aromatic rings. The first kappa shape index (κ1) is 12.4. The molecule has 1 heterocycles. The molecular formula is C14H21FN2. The van der Waals surface area contributed by atoms with Crippen LogP contribution >= 0.6 is 0 Å². The first-order valence-electron chi connectivity index (χ1n) is 6.44. The van der Waals surface area contributed by atoms with Crippen molar-refractivity contribution in [2.24, 2.45) is 5.92 Å². The maximum atomic E-state index is 12.9. The molecule has 1 aliphatic rings. The standard InChI is InChI=1S/C14H21FN2/c1-3-16-14-8-9-17(10-11(14)2)13-6-4-12(15)5-7-13/h4-7,11,14,16H,3,8-10H2,1-2H3. The van der Waals surface area contributed by atoms with E-state index in [1.807, 2.05) is 12.1 Å². The summed E-state index contributed by atoms with van der Waals surface area (Å²) in [6.45, 7) is 7.56. The number of anilines is 1. The van der Waals surface area contributed by atoms with Gasteiger partial charge in [0, 0.05) is 24.8 Å². The second-order valence-electron chi connectivity index (χ2n) is 4.85. The molecule has 3 heteroatoms. The van der Waals surface area contributed by atoms with Crippen molar-refractivity contribution in [1.29, 1.82) is 0 Å². The van der Waals surface area contributed by atoms with Crippen LogP contribution in [0.15, 0.2) is 24.3 Å². The van der Waals surface area contributed by atoms with Gasteiger partial charge in [0.1, 0.15) is 5.82 Å². The van der Waals surface area contributed by atoms with Crippen molar-refractivity contribution in [1.82, 2.24) is 5.32 Å². The van der Waals surface area contributed by atoms with Crippen LogP contribution in [0, 0.1) is 11.7 Å². The molecule has 1 aromatic carbocycles. The smallest absolute Gasteiger partial charge is 0.123 e. The second-order valence-corrected chi connectivity index (χ2v) is 4.85. The molecule has 0 amide bonds. The monoisotopic (exact) mass is 236 g/mol. The van der Waals surface area contributed by atoms with Gasteiger partial charge in [-0.15, -0.1) is 0 Å². The summed E-state index contributed by atoms with van der Waals surface area (Å²) in [7, 11) is 0. The van der Waals surface area contributed by atoms with Crippen molar-refractivity contribution in [2.75, 3.05) is 24.5 Å². The molecule has 2 atom stereocenters. The molecular weight excluding hydrogens is 215 g/mol. The van der Waals surface area contributed by atoms with E-state index in [4.69, 9.17) is 0 Å². The Labute approximate surface area is 103 Å². The molecule has 0 aromatic heterocycles. The van der Waals surface area contributed by atoms with Crippen LogP contribution in [-0.2, 0) is 0 Å². The Morgan fingerprint density at radius 2 is 2.06 bits per heavy atom. The Morgan fingerprint density at radius 3 is 2.65 bits per heavy atom. The van der Waals surface area contributed by atoms with Gasteiger partial charge in [0.05, 0.1) is 0 Å². The first-order valence-corrected chi connectivity index (χ1v) is 6.44. The van der Waals surface area contributed by atoms with Crippen LogP contribution in [0.4, 0.5) is 10.1 Å². The molecule has 1 saturated heterocycles. The zero-order valence-electron chi connectivity index (χ0n) is 10.6. The van der Waals surface area contributed by atoms with E-state index >= 15 is 0 Å². The molecule has 0 radical (unpaired) electrons. The van der Waals surface area contributed by atoms with Gasteiger partial charge in [-0.1, -0.05) is 13.8 Å². The quantitative estimate of drug-likeness (QED) is 0.868. The fraction of sp³-hybridized carbons (Fsp3) is 0.571. The number of nitrogens with zero attached hydrogens (tertiary/aromatic N) is 1. The third-order valence-electron chi connectivity index (χ3n) is 3.56. The minimum Gasteiger partial charge on any atom is -0.371 e. The fourth-order valence-corrected chi connectivity index (χ4v) is 2.60. The number of hydrogen-bond donors (Lipinski definition) is 1. The van der Waals surface area contributed by atoms with Crippen LogP contribution in [0.2, 0.25) is 0 Å². The fourth-order valence-electron chi connectivity index (χ4n) is 2.60. The summed E-state index contributed by atoms with van der Waals surface area (Å²) in [5.74, 6) is 0.470. The maximum absolute atomic E-state index is 12.9. The highest BCUT2D eigenvalue weighted by Gasteiger charge is 2.25. The van der Waals surface area contributed by atoms with Crippen LogP contribution in [0.25, 0.3) is 0 Å². The Morgan fingerprint density at radius 1 is 1.35 bits per heavy atom. The van der Waals surface area contributed by atoms with E-state index in [0.29, 0.717) is 12.0 Å². The molecule has 0 bridgehead atoms. The van der Waals surface area contributed by atoms with Gasteiger partial charge in [-0.25, -0.2) is 4.39 Å². The third-order valence-corrected chi connectivity index (χ3v) is 3.56. The van der Waals surface area contributed by atoms with E-state index in [1.165, 1.54) is 12.1 Å². The highest BCUT2D eigenvalue weighted by molar-refractivity contribution is 5.46. The van der Waals surface area contributed by atoms with E-state index < -0.39 is 0 Å². The molecule has 1 fully saturated rings. The Hall–Kier alpha value is -1.09. The van der Waals surface area contributed by atoms with Gasteiger partial charge in [0.2, 0.25) is 0 Å². The number of benzene rings is 1. The maximum Gasteiger partial charge on any atom is 0.123 e. The normalized spacial score (nSPS) is 25.0. The van der Waals surface area contributed by atoms with Gasteiger partial charge in [-0.3, -0.25) is 0 Å². The number of nitrogens with one attached hydrogen (secondary N) is 1. The van der Waals surface area contributed by atoms with E-state index in [1.54, 1.807) is 0 Å². The third kappa shape index (κ3) is 2.97. The van der Waals surface area contributed by atoms with Crippen molar-refractivity contribution >= 4 is 5.69 Å². The van der Waals surface area contributed by atoms with Crippen LogP contribution in [-0.4, -0.2) is 25.7 Å². The van der Waals surface area contributed by atoms with E-state index in [2.05, 4.69) is 24.1 Å². The summed E-state index contributed by atoms with van der Waals surface area (Å²) in [6, 6.07) is 7.44. The lowest BCUT2D eigenvalue weighted by Gasteiger charge is -2.38. The Bertz CT molecular complexity index is 350. The summed E-state index contributed by atoms with van der Waals surface area (Å²) in [6.07, 6.45) is 1.16. The van der Waals surface area contributed by atoms with Crippen LogP contribution in [0.1, 0.15) is 20.3 Å².